The van der Waals surface area contributed by atoms with E-state index in [-0.39, 0.29) is 29.5 Å². The van der Waals surface area contributed by atoms with E-state index in [1.165, 1.54) is 12.1 Å². The summed E-state index contributed by atoms with van der Waals surface area (Å²) in [4.78, 5) is 27.7. The molecule has 0 aromatic heterocycles. The standard InChI is InChI=1S/C19H16N2O4/c22-19-16-15(10-11-25-19)17(12-4-2-1-3-5-12)20-18(16)13-6-8-14(9-7-13)21(23)24/h1-9,15-16,18H,10-11H2/t15-,16+,18-/m1/s1. The fourth-order valence-electron chi connectivity index (χ4n) is 3.68. The van der Waals surface area contributed by atoms with Gasteiger partial charge in [-0.05, 0) is 17.5 Å². The average Bonchev–Trinajstić information content (AvgIpc) is 3.03. The Morgan fingerprint density at radius 2 is 1.80 bits per heavy atom. The molecule has 2 aromatic carbocycles. The number of nitro benzene ring substituents is 1. The van der Waals surface area contributed by atoms with E-state index in [1.807, 2.05) is 30.3 Å². The molecule has 1 saturated heterocycles. The third-order valence-electron chi connectivity index (χ3n) is 4.86. The van der Waals surface area contributed by atoms with Crippen molar-refractivity contribution >= 4 is 17.4 Å². The molecule has 0 amide bonds. The third-order valence-corrected chi connectivity index (χ3v) is 4.86. The van der Waals surface area contributed by atoms with E-state index >= 15 is 0 Å². The number of aliphatic imine (C=N–C) groups is 1. The van der Waals surface area contributed by atoms with Crippen LogP contribution in [-0.2, 0) is 9.53 Å². The molecule has 126 valence electrons. The zero-order chi connectivity index (χ0) is 17.4. The number of ether oxygens (including phenoxy) is 1. The van der Waals surface area contributed by atoms with Gasteiger partial charge in [-0.15, -0.1) is 0 Å². The first-order valence-corrected chi connectivity index (χ1v) is 8.19. The van der Waals surface area contributed by atoms with Crippen LogP contribution in [0.5, 0.6) is 0 Å². The summed E-state index contributed by atoms with van der Waals surface area (Å²) >= 11 is 0. The molecule has 25 heavy (non-hydrogen) atoms. The maximum Gasteiger partial charge on any atom is 0.312 e. The molecule has 2 aliphatic rings. The fourth-order valence-corrected chi connectivity index (χ4v) is 3.68. The van der Waals surface area contributed by atoms with Crippen molar-refractivity contribution in [2.75, 3.05) is 6.61 Å². The summed E-state index contributed by atoms with van der Waals surface area (Å²) in [5, 5.41) is 10.9. The largest absolute Gasteiger partial charge is 0.465 e. The van der Waals surface area contributed by atoms with Gasteiger partial charge in [0.05, 0.1) is 23.5 Å². The maximum absolute atomic E-state index is 12.4. The molecule has 0 bridgehead atoms. The smallest absolute Gasteiger partial charge is 0.312 e. The SMILES string of the molecule is O=C1OCC[C@H]2C(c3ccccc3)=N[C@H](c3ccc([N+](=O)[O-])cc3)[C@@H]12. The molecule has 2 aliphatic heterocycles. The van der Waals surface area contributed by atoms with E-state index in [0.717, 1.165) is 23.3 Å². The highest BCUT2D eigenvalue weighted by atomic mass is 16.6. The zero-order valence-electron chi connectivity index (χ0n) is 13.4. The Labute approximate surface area is 144 Å². The molecule has 2 heterocycles. The zero-order valence-corrected chi connectivity index (χ0v) is 13.4. The summed E-state index contributed by atoms with van der Waals surface area (Å²) < 4.78 is 5.27. The van der Waals surface area contributed by atoms with E-state index in [1.54, 1.807) is 12.1 Å². The van der Waals surface area contributed by atoms with Crippen molar-refractivity contribution in [3.63, 3.8) is 0 Å². The minimum atomic E-state index is -0.436. The number of hydrogen-bond acceptors (Lipinski definition) is 5. The highest BCUT2D eigenvalue weighted by Crippen LogP contribution is 2.44. The number of rotatable bonds is 3. The van der Waals surface area contributed by atoms with Gasteiger partial charge in [-0.1, -0.05) is 42.5 Å². The first-order valence-electron chi connectivity index (χ1n) is 8.19. The summed E-state index contributed by atoms with van der Waals surface area (Å²) in [5.74, 6) is -0.594. The summed E-state index contributed by atoms with van der Waals surface area (Å²) in [7, 11) is 0. The maximum atomic E-state index is 12.4. The lowest BCUT2D eigenvalue weighted by Crippen LogP contribution is -2.35. The quantitative estimate of drug-likeness (QED) is 0.489. The highest BCUT2D eigenvalue weighted by molar-refractivity contribution is 6.06. The molecule has 0 unspecified atom stereocenters. The van der Waals surface area contributed by atoms with Crippen LogP contribution in [-0.4, -0.2) is 23.2 Å². The number of non-ortho nitro benzene ring substituents is 1. The van der Waals surface area contributed by atoms with E-state index < -0.39 is 4.92 Å². The van der Waals surface area contributed by atoms with Crippen LogP contribution < -0.4 is 0 Å². The van der Waals surface area contributed by atoms with Crippen LogP contribution in [0, 0.1) is 22.0 Å². The number of carbonyl (C=O) groups is 1. The van der Waals surface area contributed by atoms with E-state index in [0.29, 0.717) is 6.61 Å². The Kier molecular flexibility index (Phi) is 3.80. The van der Waals surface area contributed by atoms with Gasteiger partial charge in [-0.25, -0.2) is 0 Å². The molecule has 3 atom stereocenters. The number of cyclic esters (lactones) is 1. The number of nitrogens with zero attached hydrogens (tertiary/aromatic N) is 2. The predicted molar refractivity (Wildman–Crippen MR) is 91.4 cm³/mol. The lowest BCUT2D eigenvalue weighted by Gasteiger charge is -2.28. The molecule has 0 radical (unpaired) electrons. The van der Waals surface area contributed by atoms with Gasteiger partial charge >= 0.3 is 5.97 Å². The third kappa shape index (κ3) is 2.69. The average molecular weight is 336 g/mol. The topological polar surface area (TPSA) is 81.8 Å². The van der Waals surface area contributed by atoms with Gasteiger partial charge in [0.15, 0.2) is 0 Å². The fraction of sp³-hybridized carbons (Fsp3) is 0.263. The molecule has 1 fully saturated rings. The van der Waals surface area contributed by atoms with Crippen LogP contribution in [0.4, 0.5) is 5.69 Å². The van der Waals surface area contributed by atoms with Crippen molar-refractivity contribution in [1.82, 2.24) is 0 Å². The molecule has 0 spiro atoms. The van der Waals surface area contributed by atoms with Crippen molar-refractivity contribution in [2.24, 2.45) is 16.8 Å². The lowest BCUT2D eigenvalue weighted by molar-refractivity contribution is -0.384. The molecule has 0 aliphatic carbocycles. The highest BCUT2D eigenvalue weighted by Gasteiger charge is 2.47. The Balaban J connectivity index is 1.75. The van der Waals surface area contributed by atoms with E-state index in [2.05, 4.69) is 0 Å². The van der Waals surface area contributed by atoms with Gasteiger partial charge in [-0.2, -0.15) is 0 Å². The Morgan fingerprint density at radius 1 is 1.08 bits per heavy atom. The molecule has 4 rings (SSSR count). The molecular weight excluding hydrogens is 320 g/mol. The van der Waals surface area contributed by atoms with Gasteiger partial charge in [0, 0.05) is 23.8 Å². The van der Waals surface area contributed by atoms with Gasteiger partial charge < -0.3 is 4.74 Å². The first kappa shape index (κ1) is 15.5. The number of hydrogen-bond donors (Lipinski definition) is 0. The van der Waals surface area contributed by atoms with Crippen molar-refractivity contribution in [3.8, 4) is 0 Å². The summed E-state index contributed by atoms with van der Waals surface area (Å²) in [6.45, 7) is 0.402. The van der Waals surface area contributed by atoms with Gasteiger partial charge in [0.2, 0.25) is 0 Å². The minimum absolute atomic E-state index is 0.0174. The van der Waals surface area contributed by atoms with Crippen LogP contribution in [0.1, 0.15) is 23.6 Å². The predicted octanol–water partition coefficient (Wildman–Crippen LogP) is 3.32. The molecule has 0 saturated carbocycles. The van der Waals surface area contributed by atoms with Gasteiger partial charge in [-0.3, -0.25) is 19.9 Å². The second kappa shape index (κ2) is 6.12. The van der Waals surface area contributed by atoms with Crippen LogP contribution in [0.3, 0.4) is 0 Å². The van der Waals surface area contributed by atoms with Crippen LogP contribution in [0.2, 0.25) is 0 Å². The lowest BCUT2D eigenvalue weighted by atomic mass is 9.79. The van der Waals surface area contributed by atoms with Crippen molar-refractivity contribution in [3.05, 3.63) is 75.8 Å². The monoisotopic (exact) mass is 336 g/mol. The summed E-state index contributed by atoms with van der Waals surface area (Å²) in [6, 6.07) is 15.7. The normalized spacial score (nSPS) is 25.0. The molecule has 0 N–H and O–H groups in total. The van der Waals surface area contributed by atoms with Crippen molar-refractivity contribution in [1.29, 1.82) is 0 Å². The summed E-state index contributed by atoms with van der Waals surface area (Å²) in [6.07, 6.45) is 0.744. The number of fused-ring (bicyclic) bond motifs is 1. The minimum Gasteiger partial charge on any atom is -0.465 e. The molecular formula is C19H16N2O4. The molecule has 2 aromatic rings. The number of benzene rings is 2. The van der Waals surface area contributed by atoms with Crippen molar-refractivity contribution < 1.29 is 14.5 Å². The van der Waals surface area contributed by atoms with Crippen LogP contribution in [0.25, 0.3) is 0 Å². The van der Waals surface area contributed by atoms with E-state index in [9.17, 15) is 14.9 Å². The number of nitro groups is 1. The first-order chi connectivity index (χ1) is 12.1. The van der Waals surface area contributed by atoms with Gasteiger partial charge in [0.25, 0.3) is 5.69 Å². The van der Waals surface area contributed by atoms with Crippen molar-refractivity contribution in [2.45, 2.75) is 12.5 Å². The Hall–Kier alpha value is -3.02. The second-order valence-electron chi connectivity index (χ2n) is 6.26. The number of carbonyl (C=O) groups excluding carboxylic acids is 1. The molecule has 6 nitrogen and oxygen atoms in total. The van der Waals surface area contributed by atoms with E-state index in [4.69, 9.17) is 9.73 Å². The molecule has 6 heteroatoms. The summed E-state index contributed by atoms with van der Waals surface area (Å²) in [5.41, 5.74) is 2.75. The Bertz CT molecular complexity index is 845. The second-order valence-corrected chi connectivity index (χ2v) is 6.26. The van der Waals surface area contributed by atoms with Gasteiger partial charge in [0.1, 0.15) is 0 Å². The van der Waals surface area contributed by atoms with Crippen LogP contribution in [0.15, 0.2) is 59.6 Å². The van der Waals surface area contributed by atoms with Crippen LogP contribution >= 0.6 is 0 Å². The number of esters is 1. The Morgan fingerprint density at radius 3 is 2.48 bits per heavy atom.